The van der Waals surface area contributed by atoms with E-state index in [9.17, 15) is 4.79 Å². The number of benzene rings is 1. The Labute approximate surface area is 208 Å². The number of rotatable bonds is 7. The van der Waals surface area contributed by atoms with Crippen LogP contribution in [-0.2, 0) is 11.3 Å². The highest BCUT2D eigenvalue weighted by Gasteiger charge is 2.31. The number of nitrogens with zero attached hydrogens (tertiary/aromatic N) is 6. The second-order valence-corrected chi connectivity index (χ2v) is 10.0. The Morgan fingerprint density at radius 3 is 2.63 bits per heavy atom. The average Bonchev–Trinajstić information content (AvgIpc) is 3.66. The zero-order valence-corrected chi connectivity index (χ0v) is 20.3. The largest absolute Gasteiger partial charge is 0.486 e. The van der Waals surface area contributed by atoms with Crippen LogP contribution in [0.5, 0.6) is 11.5 Å². The van der Waals surface area contributed by atoms with Gasteiger partial charge in [0.2, 0.25) is 5.91 Å². The first-order valence-corrected chi connectivity index (χ1v) is 13.1. The third-order valence-electron chi connectivity index (χ3n) is 6.56. The molecule has 3 aliphatic rings. The van der Waals surface area contributed by atoms with Crippen LogP contribution in [0, 0.1) is 0 Å². The summed E-state index contributed by atoms with van der Waals surface area (Å²) in [5.74, 6) is 3.01. The minimum atomic E-state index is 0.155. The Morgan fingerprint density at radius 1 is 1.03 bits per heavy atom. The molecule has 1 amide bonds. The molecule has 2 fully saturated rings. The van der Waals surface area contributed by atoms with Crippen LogP contribution in [0.15, 0.2) is 47.9 Å². The minimum absolute atomic E-state index is 0.155. The molecule has 6 rings (SSSR count). The Bertz CT molecular complexity index is 1190. The van der Waals surface area contributed by atoms with Crippen molar-refractivity contribution in [2.24, 2.45) is 0 Å². The summed E-state index contributed by atoms with van der Waals surface area (Å²) < 4.78 is 13.5. The van der Waals surface area contributed by atoms with Gasteiger partial charge in [-0.3, -0.25) is 19.2 Å². The lowest BCUT2D eigenvalue weighted by Crippen LogP contribution is -2.48. The fourth-order valence-electron chi connectivity index (χ4n) is 4.55. The lowest BCUT2D eigenvalue weighted by molar-refractivity contribution is -0.130. The van der Waals surface area contributed by atoms with E-state index in [-0.39, 0.29) is 5.91 Å². The molecular formula is C25H28N6O3S. The number of hydrogen-bond acceptors (Lipinski definition) is 8. The summed E-state index contributed by atoms with van der Waals surface area (Å²) in [6.07, 6.45) is 5.81. The number of ether oxygens (including phenoxy) is 2. The highest BCUT2D eigenvalue weighted by atomic mass is 32.2. The van der Waals surface area contributed by atoms with Crippen LogP contribution < -0.4 is 9.47 Å². The third kappa shape index (κ3) is 4.99. The van der Waals surface area contributed by atoms with Crippen molar-refractivity contribution in [3.63, 3.8) is 0 Å². The number of thioether (sulfide) groups is 1. The fraction of sp³-hybridized carbons (Fsp3) is 0.440. The van der Waals surface area contributed by atoms with Gasteiger partial charge in [0.15, 0.2) is 22.5 Å². The first-order valence-electron chi connectivity index (χ1n) is 12.1. The van der Waals surface area contributed by atoms with Gasteiger partial charge in [-0.05, 0) is 42.7 Å². The van der Waals surface area contributed by atoms with E-state index in [2.05, 4.69) is 36.8 Å². The smallest absolute Gasteiger partial charge is 0.233 e. The van der Waals surface area contributed by atoms with E-state index in [4.69, 9.17) is 9.47 Å². The Morgan fingerprint density at radius 2 is 1.86 bits per heavy atom. The van der Waals surface area contributed by atoms with E-state index in [1.807, 2.05) is 29.3 Å². The van der Waals surface area contributed by atoms with Crippen molar-refractivity contribution < 1.29 is 14.3 Å². The molecule has 1 aromatic carbocycles. The van der Waals surface area contributed by atoms with E-state index >= 15 is 0 Å². The molecule has 2 aliphatic heterocycles. The number of hydrogen-bond donors (Lipinski definition) is 0. The van der Waals surface area contributed by atoms with Crippen molar-refractivity contribution in [1.82, 2.24) is 29.5 Å². The molecule has 4 heterocycles. The molecule has 3 aromatic rings. The van der Waals surface area contributed by atoms with Gasteiger partial charge in [0.25, 0.3) is 0 Å². The van der Waals surface area contributed by atoms with Crippen LogP contribution in [0.2, 0.25) is 0 Å². The van der Waals surface area contributed by atoms with Crippen molar-refractivity contribution in [1.29, 1.82) is 0 Å². The molecule has 0 atom stereocenters. The summed E-state index contributed by atoms with van der Waals surface area (Å²) in [5, 5.41) is 9.65. The van der Waals surface area contributed by atoms with Crippen LogP contribution in [0.3, 0.4) is 0 Å². The predicted octanol–water partition coefficient (Wildman–Crippen LogP) is 2.88. The summed E-state index contributed by atoms with van der Waals surface area (Å²) in [7, 11) is 0. The fourth-order valence-corrected chi connectivity index (χ4v) is 5.45. The lowest BCUT2D eigenvalue weighted by Gasteiger charge is -2.34. The topological polar surface area (TPSA) is 85.6 Å². The highest BCUT2D eigenvalue weighted by Crippen LogP contribution is 2.41. The number of carbonyl (C=O) groups is 1. The molecule has 9 nitrogen and oxygen atoms in total. The first-order chi connectivity index (χ1) is 17.2. The SMILES string of the molecule is O=C(CSc1nnc(-c2cccnc2)n1C1CC1)N1CCN(Cc2ccc3c(c2)OCCO3)CC1. The number of carbonyl (C=O) groups excluding carboxylic acids is 1. The van der Waals surface area contributed by atoms with Crippen molar-refractivity contribution >= 4 is 17.7 Å². The molecule has 35 heavy (non-hydrogen) atoms. The van der Waals surface area contributed by atoms with Crippen molar-refractivity contribution in [2.75, 3.05) is 45.1 Å². The van der Waals surface area contributed by atoms with E-state index in [1.165, 1.54) is 17.3 Å². The molecule has 1 aliphatic carbocycles. The number of aromatic nitrogens is 4. The summed E-state index contributed by atoms with van der Waals surface area (Å²) in [6, 6.07) is 10.5. The van der Waals surface area contributed by atoms with Gasteiger partial charge in [0.05, 0.1) is 5.75 Å². The van der Waals surface area contributed by atoms with Gasteiger partial charge in [-0.25, -0.2) is 0 Å². The summed E-state index contributed by atoms with van der Waals surface area (Å²) >= 11 is 1.49. The normalized spacial score (nSPS) is 18.0. The van der Waals surface area contributed by atoms with Crippen LogP contribution in [-0.4, -0.2) is 80.6 Å². The van der Waals surface area contributed by atoms with Crippen molar-refractivity contribution in [3.8, 4) is 22.9 Å². The molecule has 10 heteroatoms. The van der Waals surface area contributed by atoms with Gasteiger partial charge in [-0.2, -0.15) is 0 Å². The van der Waals surface area contributed by atoms with E-state index in [1.54, 1.807) is 6.20 Å². The zero-order valence-electron chi connectivity index (χ0n) is 19.5. The highest BCUT2D eigenvalue weighted by molar-refractivity contribution is 7.99. The van der Waals surface area contributed by atoms with Gasteiger partial charge < -0.3 is 14.4 Å². The van der Waals surface area contributed by atoms with Crippen molar-refractivity contribution in [3.05, 3.63) is 48.3 Å². The number of piperazine rings is 1. The lowest BCUT2D eigenvalue weighted by atomic mass is 10.1. The van der Waals surface area contributed by atoms with E-state index in [0.717, 1.165) is 73.6 Å². The second-order valence-electron chi connectivity index (χ2n) is 9.07. The van der Waals surface area contributed by atoms with Gasteiger partial charge in [-0.15, -0.1) is 10.2 Å². The van der Waals surface area contributed by atoms with Crippen LogP contribution in [0.4, 0.5) is 0 Å². The molecule has 0 radical (unpaired) electrons. The van der Waals surface area contributed by atoms with Crippen LogP contribution >= 0.6 is 11.8 Å². The Hall–Kier alpha value is -3.11. The van der Waals surface area contributed by atoms with Gasteiger partial charge in [0, 0.05) is 56.7 Å². The van der Waals surface area contributed by atoms with Crippen LogP contribution in [0.1, 0.15) is 24.4 Å². The maximum atomic E-state index is 13.0. The number of fused-ring (bicyclic) bond motifs is 1. The number of amides is 1. The maximum Gasteiger partial charge on any atom is 0.233 e. The molecule has 1 saturated heterocycles. The summed E-state index contributed by atoms with van der Waals surface area (Å²) in [6.45, 7) is 5.22. The maximum absolute atomic E-state index is 13.0. The number of pyridine rings is 1. The van der Waals surface area contributed by atoms with Gasteiger partial charge in [-0.1, -0.05) is 17.8 Å². The minimum Gasteiger partial charge on any atom is -0.486 e. The molecule has 0 unspecified atom stereocenters. The molecule has 0 N–H and O–H groups in total. The average molecular weight is 493 g/mol. The molecule has 0 spiro atoms. The first kappa shape index (κ1) is 22.4. The van der Waals surface area contributed by atoms with Crippen molar-refractivity contribution in [2.45, 2.75) is 30.6 Å². The summed E-state index contributed by atoms with van der Waals surface area (Å²) in [5.41, 5.74) is 2.16. The molecule has 0 bridgehead atoms. The molecule has 182 valence electrons. The van der Waals surface area contributed by atoms with Gasteiger partial charge in [0.1, 0.15) is 13.2 Å². The monoisotopic (exact) mass is 492 g/mol. The standard InChI is InChI=1S/C25H28N6O3S/c32-23(17-35-25-28-27-24(31(25)20-4-5-20)19-2-1-7-26-15-19)30-10-8-29(9-11-30)16-18-3-6-21-22(14-18)34-13-12-33-21/h1-3,6-7,14-15,20H,4-5,8-13,16-17H2. The Balaban J connectivity index is 1.03. The van der Waals surface area contributed by atoms with E-state index in [0.29, 0.717) is 25.0 Å². The van der Waals surface area contributed by atoms with E-state index < -0.39 is 0 Å². The molecule has 1 saturated carbocycles. The third-order valence-corrected chi connectivity index (χ3v) is 7.49. The van der Waals surface area contributed by atoms with Crippen LogP contribution in [0.25, 0.3) is 11.4 Å². The predicted molar refractivity (Wildman–Crippen MR) is 132 cm³/mol. The Kier molecular flexibility index (Phi) is 6.30. The molecular weight excluding hydrogens is 464 g/mol. The van der Waals surface area contributed by atoms with Gasteiger partial charge >= 0.3 is 0 Å². The quantitative estimate of drug-likeness (QED) is 0.466. The summed E-state index contributed by atoms with van der Waals surface area (Å²) in [4.78, 5) is 21.5. The zero-order chi connectivity index (χ0) is 23.6. The molecule has 2 aromatic heterocycles. The second kappa shape index (κ2) is 9.87.